The van der Waals surface area contributed by atoms with E-state index in [1.165, 1.54) is 0 Å². The molecular formula is C29H41NO8. The fourth-order valence-corrected chi connectivity index (χ4v) is 4.51. The van der Waals surface area contributed by atoms with Gasteiger partial charge in [-0.05, 0) is 11.1 Å². The normalized spacial score (nSPS) is 28.1. The summed E-state index contributed by atoms with van der Waals surface area (Å²) < 4.78 is 48.8. The van der Waals surface area contributed by atoms with Gasteiger partial charge in [-0.15, -0.1) is 0 Å². The van der Waals surface area contributed by atoms with Crippen molar-refractivity contribution in [3.63, 3.8) is 0 Å². The second-order valence-corrected chi connectivity index (χ2v) is 9.19. The summed E-state index contributed by atoms with van der Waals surface area (Å²) >= 11 is 0. The van der Waals surface area contributed by atoms with Gasteiger partial charge in [0.15, 0.2) is 6.29 Å². The average Bonchev–Trinajstić information content (AvgIpc) is 2.97. The van der Waals surface area contributed by atoms with Crippen LogP contribution in [-0.4, -0.2) is 97.2 Å². The van der Waals surface area contributed by atoms with Crippen LogP contribution in [0.3, 0.4) is 0 Å². The third kappa shape index (κ3) is 9.37. The Morgan fingerprint density at radius 1 is 0.737 bits per heavy atom. The summed E-state index contributed by atoms with van der Waals surface area (Å²) in [6.07, 6.45) is -2.52. The predicted molar refractivity (Wildman–Crippen MR) is 141 cm³/mol. The second-order valence-electron chi connectivity index (χ2n) is 9.19. The van der Waals surface area contributed by atoms with Crippen LogP contribution in [0.1, 0.15) is 11.1 Å². The highest BCUT2D eigenvalue weighted by Gasteiger charge is 2.48. The molecule has 2 aromatic rings. The molecule has 9 nitrogen and oxygen atoms in total. The molecule has 210 valence electrons. The molecule has 4 rings (SSSR count). The van der Waals surface area contributed by atoms with E-state index in [0.29, 0.717) is 59.5 Å². The lowest BCUT2D eigenvalue weighted by molar-refractivity contribution is -0.321. The van der Waals surface area contributed by atoms with Crippen LogP contribution in [0.5, 0.6) is 0 Å². The van der Waals surface area contributed by atoms with E-state index in [0.717, 1.165) is 24.2 Å². The lowest BCUT2D eigenvalue weighted by Crippen LogP contribution is -2.62. The molecule has 0 unspecified atom stereocenters. The van der Waals surface area contributed by atoms with E-state index in [9.17, 15) is 0 Å². The molecule has 0 spiro atoms. The summed E-state index contributed by atoms with van der Waals surface area (Å²) in [5.41, 5.74) is 2.14. The summed E-state index contributed by atoms with van der Waals surface area (Å²) in [5.74, 6) is 0. The molecule has 0 radical (unpaired) electrons. The minimum Gasteiger partial charge on any atom is -0.378 e. The van der Waals surface area contributed by atoms with Gasteiger partial charge in [-0.25, -0.2) is 0 Å². The van der Waals surface area contributed by atoms with Crippen LogP contribution in [0, 0.1) is 0 Å². The van der Waals surface area contributed by atoms with Crippen LogP contribution in [-0.2, 0) is 51.1 Å². The van der Waals surface area contributed by atoms with Gasteiger partial charge in [0.1, 0.15) is 24.4 Å². The van der Waals surface area contributed by atoms with Crippen molar-refractivity contribution in [1.82, 2.24) is 5.32 Å². The minimum absolute atomic E-state index is 0.311. The van der Waals surface area contributed by atoms with Gasteiger partial charge in [-0.2, -0.15) is 0 Å². The second kappa shape index (κ2) is 16.9. The first-order valence-electron chi connectivity index (χ1n) is 13.4. The van der Waals surface area contributed by atoms with Crippen LogP contribution in [0.25, 0.3) is 0 Å². The van der Waals surface area contributed by atoms with E-state index in [2.05, 4.69) is 5.32 Å². The summed E-state index contributed by atoms with van der Waals surface area (Å²) in [5, 5.41) is 3.30. The number of hydrogen-bond donors (Lipinski definition) is 1. The van der Waals surface area contributed by atoms with Crippen molar-refractivity contribution in [2.75, 3.05) is 66.4 Å². The number of hydrogen-bond acceptors (Lipinski definition) is 9. The average molecular weight is 532 g/mol. The van der Waals surface area contributed by atoms with Crippen molar-refractivity contribution in [3.05, 3.63) is 71.8 Å². The number of benzene rings is 2. The summed E-state index contributed by atoms with van der Waals surface area (Å²) in [4.78, 5) is 0. The van der Waals surface area contributed by atoms with Crippen LogP contribution in [0.4, 0.5) is 0 Å². The molecule has 0 amide bonds. The molecular weight excluding hydrogens is 490 g/mol. The molecule has 2 aliphatic rings. The monoisotopic (exact) mass is 531 g/mol. The zero-order chi connectivity index (χ0) is 26.3. The van der Waals surface area contributed by atoms with Crippen molar-refractivity contribution >= 4 is 0 Å². The Bertz CT molecular complexity index is 873. The van der Waals surface area contributed by atoms with Gasteiger partial charge in [0.05, 0.1) is 59.5 Å². The molecule has 2 fully saturated rings. The Kier molecular flexibility index (Phi) is 12.9. The fourth-order valence-electron chi connectivity index (χ4n) is 4.51. The molecule has 0 aliphatic carbocycles. The molecule has 2 heterocycles. The van der Waals surface area contributed by atoms with Crippen molar-refractivity contribution in [2.24, 2.45) is 0 Å². The van der Waals surface area contributed by atoms with Crippen LogP contribution in [0.15, 0.2) is 60.7 Å². The molecule has 2 aromatic carbocycles. The van der Waals surface area contributed by atoms with Crippen LogP contribution >= 0.6 is 0 Å². The largest absolute Gasteiger partial charge is 0.378 e. The van der Waals surface area contributed by atoms with Gasteiger partial charge in [0, 0.05) is 20.2 Å². The maximum atomic E-state index is 6.40. The number of fused-ring (bicyclic) bond motifs is 1. The van der Waals surface area contributed by atoms with Gasteiger partial charge in [0.2, 0.25) is 0 Å². The SMILES string of the molecule is CO[C@@H]1O[C@H](COCc2ccccc2)[C@H]2OCCOCCNCCOCCO[C@@H]2[C@H]1OCc1ccccc1. The quantitative estimate of drug-likeness (QED) is 0.552. The summed E-state index contributed by atoms with van der Waals surface area (Å²) in [6.45, 7) is 5.59. The van der Waals surface area contributed by atoms with Gasteiger partial charge in [-0.3, -0.25) is 0 Å². The molecule has 2 saturated heterocycles. The van der Waals surface area contributed by atoms with E-state index in [1.807, 2.05) is 60.7 Å². The Hall–Kier alpha value is -1.92. The maximum absolute atomic E-state index is 6.40. The van der Waals surface area contributed by atoms with Crippen molar-refractivity contribution in [2.45, 2.75) is 43.9 Å². The minimum atomic E-state index is -0.655. The lowest BCUT2D eigenvalue weighted by atomic mass is 9.98. The van der Waals surface area contributed by atoms with Crippen molar-refractivity contribution in [1.29, 1.82) is 0 Å². The Balaban J connectivity index is 1.48. The van der Waals surface area contributed by atoms with E-state index >= 15 is 0 Å². The molecule has 9 heteroatoms. The van der Waals surface area contributed by atoms with Crippen LogP contribution in [0.2, 0.25) is 0 Å². The Morgan fingerprint density at radius 3 is 1.97 bits per heavy atom. The predicted octanol–water partition coefficient (Wildman–Crippen LogP) is 2.57. The first-order valence-corrected chi connectivity index (χ1v) is 13.4. The maximum Gasteiger partial charge on any atom is 0.186 e. The summed E-state index contributed by atoms with van der Waals surface area (Å²) in [6, 6.07) is 20.1. The van der Waals surface area contributed by atoms with Crippen LogP contribution < -0.4 is 5.32 Å². The molecule has 0 saturated carbocycles. The third-order valence-electron chi connectivity index (χ3n) is 6.42. The van der Waals surface area contributed by atoms with Gasteiger partial charge in [0.25, 0.3) is 0 Å². The molecule has 0 bridgehead atoms. The highest BCUT2D eigenvalue weighted by molar-refractivity contribution is 5.14. The smallest absolute Gasteiger partial charge is 0.186 e. The van der Waals surface area contributed by atoms with E-state index in [-0.39, 0.29) is 0 Å². The lowest BCUT2D eigenvalue weighted by Gasteiger charge is -2.45. The topological polar surface area (TPSA) is 85.9 Å². The first-order chi connectivity index (χ1) is 18.8. The highest BCUT2D eigenvalue weighted by Crippen LogP contribution is 2.30. The first kappa shape index (κ1) is 29.1. The fraction of sp³-hybridized carbons (Fsp3) is 0.586. The number of ether oxygens (including phenoxy) is 8. The standard InChI is InChI=1S/C29H41NO8/c1-31-29-28(37-21-24-10-6-3-7-11-24)27-26(25(38-29)22-34-20-23-8-4-2-5-9-23)35-18-16-32-14-12-30-13-15-33-17-19-36-27/h2-11,25-30H,12-22H2,1H3/t25-,26-,27+,28-,29-/m1/s1. The van der Waals surface area contributed by atoms with Gasteiger partial charge < -0.3 is 43.2 Å². The summed E-state index contributed by atoms with van der Waals surface area (Å²) in [7, 11) is 1.61. The molecule has 5 atom stereocenters. The number of rotatable bonds is 8. The Labute approximate surface area is 225 Å². The molecule has 0 aromatic heterocycles. The molecule has 38 heavy (non-hydrogen) atoms. The number of methoxy groups -OCH3 is 1. The zero-order valence-electron chi connectivity index (χ0n) is 22.2. The van der Waals surface area contributed by atoms with E-state index in [4.69, 9.17) is 37.9 Å². The molecule has 1 N–H and O–H groups in total. The van der Waals surface area contributed by atoms with Gasteiger partial charge in [-0.1, -0.05) is 60.7 Å². The van der Waals surface area contributed by atoms with E-state index < -0.39 is 30.7 Å². The molecule has 2 aliphatic heterocycles. The van der Waals surface area contributed by atoms with E-state index in [1.54, 1.807) is 7.11 Å². The van der Waals surface area contributed by atoms with Crippen molar-refractivity contribution in [3.8, 4) is 0 Å². The zero-order valence-corrected chi connectivity index (χ0v) is 22.2. The Morgan fingerprint density at radius 2 is 1.34 bits per heavy atom. The van der Waals surface area contributed by atoms with Gasteiger partial charge >= 0.3 is 0 Å². The van der Waals surface area contributed by atoms with Crippen molar-refractivity contribution < 1.29 is 37.9 Å². The highest BCUT2D eigenvalue weighted by atomic mass is 16.7. The number of nitrogens with one attached hydrogen (secondary N) is 1. The third-order valence-corrected chi connectivity index (χ3v) is 6.42.